The van der Waals surface area contributed by atoms with Crippen molar-refractivity contribution >= 4 is 0 Å². The topological polar surface area (TPSA) is 45.8 Å². The molecule has 1 fully saturated rings. The van der Waals surface area contributed by atoms with Crippen LogP contribution >= 0.6 is 0 Å². The average molecular weight is 202 g/mol. The highest BCUT2D eigenvalue weighted by atomic mass is 16.1. The zero-order valence-corrected chi connectivity index (χ0v) is 8.86. The first-order chi connectivity index (χ1) is 7.22. The van der Waals surface area contributed by atoms with E-state index < -0.39 is 0 Å². The van der Waals surface area contributed by atoms with Crippen molar-refractivity contribution in [1.29, 1.82) is 5.26 Å². The summed E-state index contributed by atoms with van der Waals surface area (Å²) in [5, 5.41) is 8.78. The molecule has 0 spiro atoms. The van der Waals surface area contributed by atoms with Gasteiger partial charge < -0.3 is 4.57 Å². The van der Waals surface area contributed by atoms with Gasteiger partial charge in [-0.3, -0.25) is 4.79 Å². The molecule has 1 aliphatic carbocycles. The number of aromatic nitrogens is 1. The lowest BCUT2D eigenvalue weighted by atomic mass is 9.85. The van der Waals surface area contributed by atoms with Gasteiger partial charge in [0.2, 0.25) is 0 Å². The van der Waals surface area contributed by atoms with Gasteiger partial charge in [-0.15, -0.1) is 0 Å². The maximum absolute atomic E-state index is 11.8. The molecule has 0 amide bonds. The van der Waals surface area contributed by atoms with E-state index >= 15 is 0 Å². The molecule has 1 saturated carbocycles. The minimum absolute atomic E-state index is 0.135. The Hall–Kier alpha value is -1.56. The Morgan fingerprint density at radius 3 is 2.80 bits per heavy atom. The van der Waals surface area contributed by atoms with Crippen molar-refractivity contribution in [3.8, 4) is 6.07 Å². The predicted octanol–water partition coefficient (Wildman–Crippen LogP) is 1.83. The van der Waals surface area contributed by atoms with Crippen LogP contribution in [-0.4, -0.2) is 4.57 Å². The van der Waals surface area contributed by atoms with Gasteiger partial charge in [-0.05, 0) is 37.8 Å². The fraction of sp³-hybridized carbons (Fsp3) is 0.500. The quantitative estimate of drug-likeness (QED) is 0.734. The smallest absolute Gasteiger partial charge is 0.268 e. The Morgan fingerprint density at radius 1 is 1.53 bits per heavy atom. The molecule has 1 heterocycles. The third-order valence-electron chi connectivity index (χ3n) is 3.18. The van der Waals surface area contributed by atoms with Crippen LogP contribution in [0.25, 0.3) is 0 Å². The molecule has 3 heteroatoms. The second-order valence-electron chi connectivity index (χ2n) is 4.21. The van der Waals surface area contributed by atoms with Crippen molar-refractivity contribution in [2.45, 2.75) is 32.7 Å². The van der Waals surface area contributed by atoms with Crippen molar-refractivity contribution in [2.75, 3.05) is 0 Å². The molecule has 0 unspecified atom stereocenters. The summed E-state index contributed by atoms with van der Waals surface area (Å²) in [6.45, 7) is 2.70. The lowest BCUT2D eigenvalue weighted by Crippen LogP contribution is -2.29. The number of aryl methyl sites for hydroxylation is 1. The number of hydrogen-bond donors (Lipinski definition) is 0. The van der Waals surface area contributed by atoms with Crippen LogP contribution in [0.2, 0.25) is 0 Å². The van der Waals surface area contributed by atoms with Gasteiger partial charge in [0.15, 0.2) is 0 Å². The molecule has 3 nitrogen and oxygen atoms in total. The fourth-order valence-electron chi connectivity index (χ4n) is 1.92. The van der Waals surface area contributed by atoms with Crippen molar-refractivity contribution < 1.29 is 0 Å². The molecule has 78 valence electrons. The highest BCUT2D eigenvalue weighted by Gasteiger charge is 2.19. The summed E-state index contributed by atoms with van der Waals surface area (Å²) in [6, 6.07) is 5.39. The molecule has 1 aliphatic rings. The Labute approximate surface area is 89.0 Å². The van der Waals surface area contributed by atoms with E-state index in [1.54, 1.807) is 10.6 Å². The van der Waals surface area contributed by atoms with Crippen LogP contribution in [0.4, 0.5) is 0 Å². The van der Waals surface area contributed by atoms with Crippen LogP contribution in [-0.2, 0) is 6.54 Å². The highest BCUT2D eigenvalue weighted by Crippen LogP contribution is 2.27. The number of pyridine rings is 1. The Morgan fingerprint density at radius 2 is 2.27 bits per heavy atom. The maximum atomic E-state index is 11.8. The Kier molecular flexibility index (Phi) is 2.59. The Balaban J connectivity index is 2.36. The van der Waals surface area contributed by atoms with E-state index in [2.05, 4.69) is 0 Å². The minimum atomic E-state index is -0.135. The van der Waals surface area contributed by atoms with Crippen LogP contribution in [0, 0.1) is 24.2 Å². The molecule has 1 aromatic rings. The number of hydrogen-bond acceptors (Lipinski definition) is 2. The zero-order chi connectivity index (χ0) is 10.8. The largest absolute Gasteiger partial charge is 0.312 e. The van der Waals surface area contributed by atoms with Crippen molar-refractivity contribution in [3.63, 3.8) is 0 Å². The van der Waals surface area contributed by atoms with Crippen LogP contribution in [0.5, 0.6) is 0 Å². The van der Waals surface area contributed by atoms with E-state index in [0.29, 0.717) is 5.92 Å². The van der Waals surface area contributed by atoms with E-state index in [9.17, 15) is 4.79 Å². The third-order valence-corrected chi connectivity index (χ3v) is 3.18. The van der Waals surface area contributed by atoms with Crippen LogP contribution in [0.1, 0.15) is 30.5 Å². The van der Waals surface area contributed by atoms with Crippen LogP contribution in [0.3, 0.4) is 0 Å². The predicted molar refractivity (Wildman–Crippen MR) is 57.5 cm³/mol. The molecule has 1 aromatic heterocycles. The molecule has 0 atom stereocenters. The Bertz CT molecular complexity index is 463. The van der Waals surface area contributed by atoms with Crippen molar-refractivity contribution in [3.05, 3.63) is 33.7 Å². The summed E-state index contributed by atoms with van der Waals surface area (Å²) in [7, 11) is 0. The molecule has 0 aliphatic heterocycles. The van der Waals surface area contributed by atoms with Crippen molar-refractivity contribution in [2.24, 2.45) is 5.92 Å². The summed E-state index contributed by atoms with van der Waals surface area (Å²) >= 11 is 0. The number of nitrogens with zero attached hydrogens (tertiary/aromatic N) is 2. The van der Waals surface area contributed by atoms with Gasteiger partial charge in [0, 0.05) is 12.2 Å². The molecule has 0 N–H and O–H groups in total. The van der Waals surface area contributed by atoms with E-state index in [-0.39, 0.29) is 11.1 Å². The van der Waals surface area contributed by atoms with Gasteiger partial charge in [-0.1, -0.05) is 6.42 Å². The molecular weight excluding hydrogens is 188 g/mol. The van der Waals surface area contributed by atoms with E-state index in [1.165, 1.54) is 19.3 Å². The minimum Gasteiger partial charge on any atom is -0.312 e. The molecule has 0 aromatic carbocycles. The number of nitriles is 1. The zero-order valence-electron chi connectivity index (χ0n) is 8.86. The van der Waals surface area contributed by atoms with Crippen LogP contribution < -0.4 is 5.56 Å². The van der Waals surface area contributed by atoms with E-state index in [1.807, 2.05) is 19.1 Å². The summed E-state index contributed by atoms with van der Waals surface area (Å²) in [6.07, 6.45) is 3.70. The lowest BCUT2D eigenvalue weighted by molar-refractivity contribution is 0.272. The average Bonchev–Trinajstić information content (AvgIpc) is 2.15. The highest BCUT2D eigenvalue weighted by molar-refractivity contribution is 5.27. The first kappa shape index (κ1) is 9.97. The molecule has 0 bridgehead atoms. The van der Waals surface area contributed by atoms with Gasteiger partial charge in [0.25, 0.3) is 5.56 Å². The van der Waals surface area contributed by atoms with E-state index in [0.717, 1.165) is 12.2 Å². The fourth-order valence-corrected chi connectivity index (χ4v) is 1.92. The van der Waals surface area contributed by atoms with Gasteiger partial charge >= 0.3 is 0 Å². The first-order valence-electron chi connectivity index (χ1n) is 5.33. The molecular formula is C12H14N2O. The summed E-state index contributed by atoms with van der Waals surface area (Å²) < 4.78 is 1.74. The molecule has 0 saturated heterocycles. The summed E-state index contributed by atoms with van der Waals surface area (Å²) in [4.78, 5) is 11.8. The maximum Gasteiger partial charge on any atom is 0.268 e. The van der Waals surface area contributed by atoms with Crippen LogP contribution in [0.15, 0.2) is 16.9 Å². The summed E-state index contributed by atoms with van der Waals surface area (Å²) in [5.41, 5.74) is 1.07. The standard InChI is InChI=1S/C12H14N2O/c1-9-5-6-11(7-13)12(15)14(9)8-10-3-2-4-10/h5-6,10H,2-4,8H2,1H3. The van der Waals surface area contributed by atoms with Gasteiger partial charge in [0.05, 0.1) is 0 Å². The lowest BCUT2D eigenvalue weighted by Gasteiger charge is -2.26. The van der Waals surface area contributed by atoms with Gasteiger partial charge in [-0.25, -0.2) is 0 Å². The summed E-state index contributed by atoms with van der Waals surface area (Å²) in [5.74, 6) is 0.635. The van der Waals surface area contributed by atoms with E-state index in [4.69, 9.17) is 5.26 Å². The second-order valence-corrected chi connectivity index (χ2v) is 4.21. The van der Waals surface area contributed by atoms with Gasteiger partial charge in [0.1, 0.15) is 11.6 Å². The second kappa shape index (κ2) is 3.90. The third kappa shape index (κ3) is 1.80. The molecule has 0 radical (unpaired) electrons. The number of rotatable bonds is 2. The van der Waals surface area contributed by atoms with Crippen molar-refractivity contribution in [1.82, 2.24) is 4.57 Å². The molecule has 15 heavy (non-hydrogen) atoms. The van der Waals surface area contributed by atoms with Gasteiger partial charge in [-0.2, -0.15) is 5.26 Å². The molecule has 2 rings (SSSR count). The normalized spacial score (nSPS) is 15.7. The first-order valence-corrected chi connectivity index (χ1v) is 5.33. The monoisotopic (exact) mass is 202 g/mol. The SMILES string of the molecule is Cc1ccc(C#N)c(=O)n1CC1CCC1.